The van der Waals surface area contributed by atoms with Gasteiger partial charge in [0.2, 0.25) is 0 Å². The fourth-order valence-electron chi connectivity index (χ4n) is 2.13. The summed E-state index contributed by atoms with van der Waals surface area (Å²) in [4.78, 5) is 0. The Kier molecular flexibility index (Phi) is 10.4. The fourth-order valence-corrected chi connectivity index (χ4v) is 3.23. The quantitative estimate of drug-likeness (QED) is 0.378. The number of hydrogen-bond acceptors (Lipinski definition) is 6. The Morgan fingerprint density at radius 3 is 1.68 bits per heavy atom. The van der Waals surface area contributed by atoms with Gasteiger partial charge in [-0.1, -0.05) is 52.4 Å². The zero-order valence-corrected chi connectivity index (χ0v) is 14.6. The molecular weight excluding hydrogens is 336 g/mol. The van der Waals surface area contributed by atoms with E-state index in [4.69, 9.17) is 9.11 Å². The first-order valence-corrected chi connectivity index (χ1v) is 10.1. The lowest BCUT2D eigenvalue weighted by atomic mass is 10.0. The molecule has 0 fully saturated rings. The second kappa shape index (κ2) is 10.5. The largest absolute Gasteiger partial charge is 0.397 e. The zero-order valence-electron chi connectivity index (χ0n) is 13.0. The topological polar surface area (TPSA) is 127 Å². The maximum absolute atomic E-state index is 10.9. The number of rotatable bonds is 13. The van der Waals surface area contributed by atoms with Crippen molar-refractivity contribution in [1.29, 1.82) is 0 Å². The van der Waals surface area contributed by atoms with Crippen molar-refractivity contribution < 1.29 is 34.3 Å². The smallest absolute Gasteiger partial charge is 0.264 e. The maximum atomic E-state index is 10.9. The van der Waals surface area contributed by atoms with E-state index in [-0.39, 0.29) is 12.8 Å². The van der Waals surface area contributed by atoms with Crippen LogP contribution in [0.4, 0.5) is 0 Å². The van der Waals surface area contributed by atoms with Crippen molar-refractivity contribution in [3.63, 3.8) is 0 Å². The summed E-state index contributed by atoms with van der Waals surface area (Å²) in [5.41, 5.74) is 0. The predicted molar refractivity (Wildman–Crippen MR) is 81.1 cm³/mol. The van der Waals surface area contributed by atoms with Crippen LogP contribution in [0.1, 0.15) is 65.2 Å². The van der Waals surface area contributed by atoms with Gasteiger partial charge in [0.1, 0.15) is 12.2 Å². The van der Waals surface area contributed by atoms with E-state index in [1.807, 2.05) is 0 Å². The molecule has 0 aliphatic heterocycles. The third-order valence-electron chi connectivity index (χ3n) is 3.15. The van der Waals surface area contributed by atoms with Crippen LogP contribution < -0.4 is 0 Å². The van der Waals surface area contributed by atoms with Crippen molar-refractivity contribution in [3.05, 3.63) is 0 Å². The van der Waals surface area contributed by atoms with Crippen LogP contribution in [-0.2, 0) is 29.2 Å². The monoisotopic (exact) mass is 362 g/mol. The van der Waals surface area contributed by atoms with Gasteiger partial charge in [-0.3, -0.25) is 9.11 Å². The van der Waals surface area contributed by atoms with Crippen LogP contribution in [0.5, 0.6) is 0 Å². The van der Waals surface area contributed by atoms with Crippen LogP contribution >= 0.6 is 0 Å². The minimum Gasteiger partial charge on any atom is -0.264 e. The van der Waals surface area contributed by atoms with Crippen molar-refractivity contribution in [2.24, 2.45) is 0 Å². The van der Waals surface area contributed by atoms with Gasteiger partial charge in [0.05, 0.1) is 0 Å². The second-order valence-corrected chi connectivity index (χ2v) is 7.19. The molecule has 0 radical (unpaired) electrons. The molecule has 2 unspecified atom stereocenters. The van der Waals surface area contributed by atoms with Gasteiger partial charge in [0.25, 0.3) is 0 Å². The molecule has 0 aliphatic rings. The van der Waals surface area contributed by atoms with Crippen LogP contribution in [-0.4, -0.2) is 38.1 Å². The van der Waals surface area contributed by atoms with Crippen molar-refractivity contribution in [2.75, 3.05) is 0 Å². The minimum absolute atomic E-state index is 0.0931. The summed E-state index contributed by atoms with van der Waals surface area (Å²) in [6.07, 6.45) is 3.61. The van der Waals surface area contributed by atoms with Crippen molar-refractivity contribution in [3.8, 4) is 0 Å². The summed E-state index contributed by atoms with van der Waals surface area (Å²) >= 11 is 0. The van der Waals surface area contributed by atoms with Gasteiger partial charge < -0.3 is 0 Å². The Hall–Kier alpha value is -0.260. The van der Waals surface area contributed by atoms with E-state index in [1.54, 1.807) is 6.92 Å². The Morgan fingerprint density at radius 2 is 1.23 bits per heavy atom. The number of hydrogen-bond donors (Lipinski definition) is 2. The van der Waals surface area contributed by atoms with Gasteiger partial charge in [0.15, 0.2) is 0 Å². The molecule has 0 aromatic rings. The lowest BCUT2D eigenvalue weighted by Crippen LogP contribution is -2.34. The molecule has 2 N–H and O–H groups in total. The third-order valence-corrected chi connectivity index (χ3v) is 4.13. The summed E-state index contributed by atoms with van der Waals surface area (Å²) in [5, 5.41) is 0. The van der Waals surface area contributed by atoms with E-state index in [9.17, 15) is 16.8 Å². The van der Waals surface area contributed by atoms with Crippen molar-refractivity contribution >= 4 is 20.8 Å². The Balaban J connectivity index is 4.60. The molecule has 8 nitrogen and oxygen atoms in total. The average Bonchev–Trinajstić information content (AvgIpc) is 2.36. The first kappa shape index (κ1) is 21.7. The summed E-state index contributed by atoms with van der Waals surface area (Å²) in [7, 11) is -9.48. The second-order valence-electron chi connectivity index (χ2n) is 5.09. The standard InChI is InChI=1S/C12H26O8S2/c1-3-5-6-7-8-9-10-12(20-22(16,17)18)11(4-2)19-21(13,14)15/h11-12H,3-10H2,1-2H3,(H,13,14,15)(H,16,17,18). The first-order valence-electron chi connectivity index (χ1n) is 7.40. The SMILES string of the molecule is CCCCCCCCC(OS(=O)(=O)O)C(CC)OS(=O)(=O)O. The molecule has 0 spiro atoms. The average molecular weight is 362 g/mol. The van der Waals surface area contributed by atoms with Gasteiger partial charge >= 0.3 is 20.8 Å². The molecule has 0 bridgehead atoms. The lowest BCUT2D eigenvalue weighted by Gasteiger charge is -2.23. The molecule has 0 saturated carbocycles. The van der Waals surface area contributed by atoms with E-state index in [0.717, 1.165) is 32.1 Å². The normalized spacial score (nSPS) is 15.6. The lowest BCUT2D eigenvalue weighted by molar-refractivity contribution is 0.0374. The molecule has 0 aliphatic carbocycles. The molecule has 22 heavy (non-hydrogen) atoms. The van der Waals surface area contributed by atoms with Crippen LogP contribution in [0.3, 0.4) is 0 Å². The Morgan fingerprint density at radius 1 is 0.773 bits per heavy atom. The molecule has 0 saturated heterocycles. The molecule has 134 valence electrons. The zero-order chi connectivity index (χ0) is 17.2. The molecule has 2 atom stereocenters. The van der Waals surface area contributed by atoms with Crippen LogP contribution in [0.25, 0.3) is 0 Å². The molecule has 0 aromatic carbocycles. The summed E-state index contributed by atoms with van der Waals surface area (Å²) in [6.45, 7) is 3.64. The van der Waals surface area contributed by atoms with Crippen LogP contribution in [0, 0.1) is 0 Å². The Labute approximate surface area is 133 Å². The number of unbranched alkanes of at least 4 members (excludes halogenated alkanes) is 5. The van der Waals surface area contributed by atoms with Gasteiger partial charge in [-0.15, -0.1) is 0 Å². The van der Waals surface area contributed by atoms with Crippen molar-refractivity contribution in [2.45, 2.75) is 77.4 Å². The van der Waals surface area contributed by atoms with Crippen LogP contribution in [0.15, 0.2) is 0 Å². The first-order chi connectivity index (χ1) is 10.1. The summed E-state index contributed by atoms with van der Waals surface area (Å²) in [5.74, 6) is 0. The molecule has 0 heterocycles. The highest BCUT2D eigenvalue weighted by atomic mass is 32.3. The highest BCUT2D eigenvalue weighted by Crippen LogP contribution is 2.19. The molecule has 0 rings (SSSR count). The van der Waals surface area contributed by atoms with E-state index >= 15 is 0 Å². The van der Waals surface area contributed by atoms with E-state index in [2.05, 4.69) is 15.3 Å². The van der Waals surface area contributed by atoms with Gasteiger partial charge in [-0.25, -0.2) is 8.37 Å². The minimum atomic E-state index is -4.74. The highest BCUT2D eigenvalue weighted by molar-refractivity contribution is 7.81. The van der Waals surface area contributed by atoms with Gasteiger partial charge in [-0.2, -0.15) is 16.8 Å². The van der Waals surface area contributed by atoms with E-state index < -0.39 is 33.0 Å². The van der Waals surface area contributed by atoms with Gasteiger partial charge in [-0.05, 0) is 12.8 Å². The van der Waals surface area contributed by atoms with Gasteiger partial charge in [0, 0.05) is 0 Å². The molecule has 10 heteroatoms. The maximum Gasteiger partial charge on any atom is 0.397 e. The fraction of sp³-hybridized carbons (Fsp3) is 1.00. The van der Waals surface area contributed by atoms with Crippen molar-refractivity contribution in [1.82, 2.24) is 0 Å². The summed E-state index contributed by atoms with van der Waals surface area (Å²) < 4.78 is 69.7. The van der Waals surface area contributed by atoms with E-state index in [0.29, 0.717) is 6.42 Å². The third kappa shape index (κ3) is 12.3. The predicted octanol–water partition coefficient (Wildman–Crippen LogP) is 2.52. The highest BCUT2D eigenvalue weighted by Gasteiger charge is 2.29. The molecule has 0 aromatic heterocycles. The summed E-state index contributed by atoms with van der Waals surface area (Å²) in [6, 6.07) is 0. The molecular formula is C12H26O8S2. The van der Waals surface area contributed by atoms with Crippen LogP contribution in [0.2, 0.25) is 0 Å². The van der Waals surface area contributed by atoms with E-state index in [1.165, 1.54) is 0 Å². The molecule has 0 amide bonds. The Bertz CT molecular complexity index is 485.